The molecule has 0 spiro atoms. The summed E-state index contributed by atoms with van der Waals surface area (Å²) < 4.78 is 15.4. The topological polar surface area (TPSA) is 86.0 Å². The number of anilines is 2. The minimum atomic E-state index is 0.291. The van der Waals surface area contributed by atoms with Crippen molar-refractivity contribution >= 4 is 22.4 Å². The van der Waals surface area contributed by atoms with Crippen LogP contribution in [-0.2, 0) is 6.61 Å². The van der Waals surface area contributed by atoms with Gasteiger partial charge in [-0.2, -0.15) is 14.3 Å². The lowest BCUT2D eigenvalue weighted by Gasteiger charge is -2.05. The molecule has 0 saturated heterocycles. The van der Waals surface area contributed by atoms with Gasteiger partial charge in [0.15, 0.2) is 12.4 Å². The van der Waals surface area contributed by atoms with E-state index in [9.17, 15) is 0 Å². The highest BCUT2D eigenvalue weighted by atomic mass is 32.1. The van der Waals surface area contributed by atoms with Gasteiger partial charge in [-0.15, -0.1) is 0 Å². The van der Waals surface area contributed by atoms with E-state index in [-0.39, 0.29) is 0 Å². The van der Waals surface area contributed by atoms with Gasteiger partial charge < -0.3 is 14.6 Å². The van der Waals surface area contributed by atoms with Gasteiger partial charge in [0.2, 0.25) is 16.8 Å². The lowest BCUT2D eigenvalue weighted by molar-refractivity contribution is 0.285. The molecular formula is C20H17N5O2S. The Morgan fingerprint density at radius 1 is 1.04 bits per heavy atom. The van der Waals surface area contributed by atoms with E-state index in [0.717, 1.165) is 46.7 Å². The van der Waals surface area contributed by atoms with Gasteiger partial charge in [0.1, 0.15) is 5.75 Å². The first-order valence-electron chi connectivity index (χ1n) is 9.05. The van der Waals surface area contributed by atoms with Crippen LogP contribution in [0.2, 0.25) is 0 Å². The summed E-state index contributed by atoms with van der Waals surface area (Å²) in [5, 5.41) is 7.97. The highest BCUT2D eigenvalue weighted by Crippen LogP contribution is 2.38. The number of benzene rings is 2. The van der Waals surface area contributed by atoms with Crippen LogP contribution < -0.4 is 10.1 Å². The summed E-state index contributed by atoms with van der Waals surface area (Å²) in [6.07, 6.45) is 2.27. The van der Waals surface area contributed by atoms with E-state index in [1.54, 1.807) is 0 Å². The number of hydrogen-bond donors (Lipinski definition) is 1. The van der Waals surface area contributed by atoms with Crippen molar-refractivity contribution in [3.63, 3.8) is 0 Å². The molecule has 0 unspecified atom stereocenters. The molecule has 5 rings (SSSR count). The molecule has 7 nitrogen and oxygen atoms in total. The molecule has 8 heteroatoms. The molecule has 0 aliphatic heterocycles. The minimum Gasteiger partial charge on any atom is -0.485 e. The second-order valence-corrected chi connectivity index (χ2v) is 7.30. The van der Waals surface area contributed by atoms with Gasteiger partial charge in [0.25, 0.3) is 0 Å². The Bertz CT molecular complexity index is 1060. The fourth-order valence-electron chi connectivity index (χ4n) is 2.71. The van der Waals surface area contributed by atoms with Gasteiger partial charge in [0, 0.05) is 28.7 Å². The molecule has 1 aliphatic carbocycles. The second-order valence-electron chi connectivity index (χ2n) is 6.55. The van der Waals surface area contributed by atoms with Crippen molar-refractivity contribution in [3.8, 4) is 17.1 Å². The van der Waals surface area contributed by atoms with Crippen LogP contribution in [0.3, 0.4) is 0 Å². The number of aromatic nitrogens is 4. The summed E-state index contributed by atoms with van der Waals surface area (Å²) in [6.45, 7) is 0.291. The Hall–Kier alpha value is -3.26. The molecule has 28 heavy (non-hydrogen) atoms. The Balaban J connectivity index is 1.18. The highest BCUT2D eigenvalue weighted by molar-refractivity contribution is 7.09. The molecule has 2 aromatic carbocycles. The first kappa shape index (κ1) is 16.9. The molecule has 1 fully saturated rings. The quantitative estimate of drug-likeness (QED) is 0.485. The third kappa shape index (κ3) is 3.86. The van der Waals surface area contributed by atoms with E-state index in [1.165, 1.54) is 11.5 Å². The van der Waals surface area contributed by atoms with Gasteiger partial charge in [-0.1, -0.05) is 35.5 Å². The summed E-state index contributed by atoms with van der Waals surface area (Å²) in [5.74, 6) is 3.22. The predicted octanol–water partition coefficient (Wildman–Crippen LogP) is 4.79. The van der Waals surface area contributed by atoms with E-state index in [4.69, 9.17) is 9.26 Å². The number of nitrogens with one attached hydrogen (secondary N) is 1. The van der Waals surface area contributed by atoms with E-state index in [1.807, 2.05) is 54.6 Å². The molecule has 1 N–H and O–H groups in total. The van der Waals surface area contributed by atoms with Crippen LogP contribution in [0, 0.1) is 0 Å². The fourth-order valence-corrected chi connectivity index (χ4v) is 3.32. The third-order valence-corrected chi connectivity index (χ3v) is 4.97. The van der Waals surface area contributed by atoms with Crippen LogP contribution in [0.15, 0.2) is 59.1 Å². The summed E-state index contributed by atoms with van der Waals surface area (Å²) in [5.41, 5.74) is 1.92. The third-order valence-electron chi connectivity index (χ3n) is 4.34. The standard InChI is InChI=1S/C20H17N5O2S/c1-2-4-13(5-3-1)18-23-20(28-25-18)21-15-8-10-16(11-9-15)26-12-17-22-19(27-24-17)14-6-7-14/h1-5,8-11,14H,6-7,12H2,(H,21,23,25). The molecule has 1 aliphatic rings. The van der Waals surface area contributed by atoms with Crippen LogP contribution in [0.5, 0.6) is 5.75 Å². The predicted molar refractivity (Wildman–Crippen MR) is 106 cm³/mol. The zero-order valence-electron chi connectivity index (χ0n) is 14.9. The van der Waals surface area contributed by atoms with Crippen molar-refractivity contribution < 1.29 is 9.26 Å². The second kappa shape index (κ2) is 7.40. The van der Waals surface area contributed by atoms with Crippen LogP contribution in [0.25, 0.3) is 11.4 Å². The molecule has 4 aromatic rings. The monoisotopic (exact) mass is 391 g/mol. The van der Waals surface area contributed by atoms with Crippen LogP contribution in [-0.4, -0.2) is 19.5 Å². The van der Waals surface area contributed by atoms with Crippen molar-refractivity contribution in [2.45, 2.75) is 25.4 Å². The first-order valence-corrected chi connectivity index (χ1v) is 9.82. The van der Waals surface area contributed by atoms with Crippen LogP contribution >= 0.6 is 11.5 Å². The van der Waals surface area contributed by atoms with E-state index >= 15 is 0 Å². The number of ether oxygens (including phenoxy) is 1. The van der Waals surface area contributed by atoms with Crippen LogP contribution in [0.4, 0.5) is 10.8 Å². The molecule has 140 valence electrons. The Labute approximate surface area is 165 Å². The fraction of sp³-hybridized carbons (Fsp3) is 0.200. The molecule has 1 saturated carbocycles. The van der Waals surface area contributed by atoms with Gasteiger partial charge in [-0.25, -0.2) is 0 Å². The molecule has 0 radical (unpaired) electrons. The zero-order valence-corrected chi connectivity index (χ0v) is 15.7. The lowest BCUT2D eigenvalue weighted by atomic mass is 10.2. The van der Waals surface area contributed by atoms with Gasteiger partial charge in [0.05, 0.1) is 0 Å². The van der Waals surface area contributed by atoms with Gasteiger partial charge in [-0.3, -0.25) is 0 Å². The van der Waals surface area contributed by atoms with E-state index in [2.05, 4.69) is 24.8 Å². The van der Waals surface area contributed by atoms with E-state index in [0.29, 0.717) is 18.3 Å². The van der Waals surface area contributed by atoms with Gasteiger partial charge >= 0.3 is 0 Å². The first-order chi connectivity index (χ1) is 13.8. The zero-order chi connectivity index (χ0) is 18.8. The highest BCUT2D eigenvalue weighted by Gasteiger charge is 2.29. The average Bonchev–Trinajstić information content (AvgIpc) is 3.30. The summed E-state index contributed by atoms with van der Waals surface area (Å²) in [7, 11) is 0. The Morgan fingerprint density at radius 3 is 2.64 bits per heavy atom. The molecule has 0 bridgehead atoms. The van der Waals surface area contributed by atoms with Crippen LogP contribution in [0.1, 0.15) is 30.5 Å². The number of nitrogens with zero attached hydrogens (tertiary/aromatic N) is 4. The maximum Gasteiger partial charge on any atom is 0.229 e. The molecule has 0 atom stereocenters. The smallest absolute Gasteiger partial charge is 0.229 e. The normalized spacial score (nSPS) is 13.4. The summed E-state index contributed by atoms with van der Waals surface area (Å²) in [6, 6.07) is 17.6. The largest absolute Gasteiger partial charge is 0.485 e. The maximum atomic E-state index is 5.73. The van der Waals surface area contributed by atoms with Crippen molar-refractivity contribution in [1.29, 1.82) is 0 Å². The SMILES string of the molecule is c1ccc(-c2nsc(Nc3ccc(OCc4noc(C5CC5)n4)cc3)n2)cc1. The summed E-state index contributed by atoms with van der Waals surface area (Å²) in [4.78, 5) is 8.89. The average molecular weight is 391 g/mol. The minimum absolute atomic E-state index is 0.291. The van der Waals surface area contributed by atoms with Crippen molar-refractivity contribution in [1.82, 2.24) is 19.5 Å². The number of rotatable bonds is 7. The lowest BCUT2D eigenvalue weighted by Crippen LogP contribution is -1.98. The van der Waals surface area contributed by atoms with Crippen molar-refractivity contribution in [3.05, 3.63) is 66.3 Å². The van der Waals surface area contributed by atoms with E-state index < -0.39 is 0 Å². The van der Waals surface area contributed by atoms with Crippen molar-refractivity contribution in [2.75, 3.05) is 5.32 Å². The molecule has 2 aromatic heterocycles. The molecular weight excluding hydrogens is 374 g/mol. The molecule has 0 amide bonds. The summed E-state index contributed by atoms with van der Waals surface area (Å²) >= 11 is 1.33. The Kier molecular flexibility index (Phi) is 4.46. The Morgan fingerprint density at radius 2 is 1.86 bits per heavy atom. The van der Waals surface area contributed by atoms with Gasteiger partial charge in [-0.05, 0) is 37.1 Å². The number of hydrogen-bond acceptors (Lipinski definition) is 8. The van der Waals surface area contributed by atoms with Crippen molar-refractivity contribution in [2.24, 2.45) is 0 Å². The maximum absolute atomic E-state index is 5.73. The molecule has 2 heterocycles.